The third-order valence-corrected chi connectivity index (χ3v) is 3.73. The molecule has 0 N–H and O–H groups in total. The van der Waals surface area contributed by atoms with E-state index in [1.165, 1.54) is 12.1 Å². The van der Waals surface area contributed by atoms with Crippen LogP contribution in [0.3, 0.4) is 0 Å². The van der Waals surface area contributed by atoms with Gasteiger partial charge >= 0.3 is 0 Å². The van der Waals surface area contributed by atoms with Crippen molar-refractivity contribution in [2.45, 2.75) is 11.7 Å². The molecule has 0 aliphatic rings. The van der Waals surface area contributed by atoms with Crippen LogP contribution in [0.15, 0.2) is 53.7 Å². The van der Waals surface area contributed by atoms with Crippen molar-refractivity contribution >= 4 is 22.8 Å². The highest BCUT2D eigenvalue weighted by molar-refractivity contribution is 7.98. The second-order valence-corrected chi connectivity index (χ2v) is 5.07. The number of thioether (sulfide) groups is 1. The number of benzene rings is 2. The smallest absolute Gasteiger partial charge is 0.169 e. The van der Waals surface area contributed by atoms with E-state index in [0.717, 1.165) is 21.8 Å². The average Bonchev–Trinajstić information content (AvgIpc) is 2.79. The maximum absolute atomic E-state index is 12.9. The van der Waals surface area contributed by atoms with Crippen LogP contribution in [0, 0.1) is 5.82 Å². The molecule has 3 rings (SSSR count). The average molecular weight is 272 g/mol. The zero-order valence-corrected chi connectivity index (χ0v) is 11.3. The van der Waals surface area contributed by atoms with Crippen molar-refractivity contribution in [1.29, 1.82) is 0 Å². The Morgan fingerprint density at radius 2 is 1.84 bits per heavy atom. The molecule has 3 aromatic rings. The Morgan fingerprint density at radius 3 is 2.58 bits per heavy atom. The lowest BCUT2D eigenvalue weighted by Gasteiger charge is -2.07. The number of hydrogen-bond donors (Lipinski definition) is 0. The molecule has 0 aliphatic carbocycles. The van der Waals surface area contributed by atoms with E-state index in [4.69, 9.17) is 0 Å². The van der Waals surface area contributed by atoms with Gasteiger partial charge in [-0.25, -0.2) is 9.37 Å². The van der Waals surface area contributed by atoms with Crippen LogP contribution in [0.2, 0.25) is 0 Å². The first-order valence-electron chi connectivity index (χ1n) is 6.01. The minimum atomic E-state index is -0.204. The Balaban J connectivity index is 2.06. The lowest BCUT2D eigenvalue weighted by Crippen LogP contribution is -2.01. The fraction of sp³-hybridized carbons (Fsp3) is 0.133. The number of imidazole rings is 1. The van der Waals surface area contributed by atoms with Gasteiger partial charge in [0.15, 0.2) is 5.16 Å². The van der Waals surface area contributed by atoms with Gasteiger partial charge in [0, 0.05) is 0 Å². The molecule has 96 valence electrons. The highest BCUT2D eigenvalue weighted by atomic mass is 32.2. The summed E-state index contributed by atoms with van der Waals surface area (Å²) in [4.78, 5) is 4.60. The first-order chi connectivity index (χ1) is 9.28. The molecular weight excluding hydrogens is 259 g/mol. The van der Waals surface area contributed by atoms with Gasteiger partial charge in [0.2, 0.25) is 0 Å². The summed E-state index contributed by atoms with van der Waals surface area (Å²) in [5.41, 5.74) is 3.17. The van der Waals surface area contributed by atoms with Crippen LogP contribution in [0.25, 0.3) is 11.0 Å². The molecule has 0 fully saturated rings. The summed E-state index contributed by atoms with van der Waals surface area (Å²) >= 11 is 1.62. The molecule has 0 atom stereocenters. The fourth-order valence-electron chi connectivity index (χ4n) is 2.13. The first kappa shape index (κ1) is 12.2. The van der Waals surface area contributed by atoms with Crippen LogP contribution < -0.4 is 0 Å². The Hall–Kier alpha value is -1.81. The van der Waals surface area contributed by atoms with Crippen LogP contribution in [-0.4, -0.2) is 15.8 Å². The van der Waals surface area contributed by atoms with E-state index >= 15 is 0 Å². The number of para-hydroxylation sites is 2. The van der Waals surface area contributed by atoms with E-state index in [-0.39, 0.29) is 5.82 Å². The summed E-state index contributed by atoms with van der Waals surface area (Å²) < 4.78 is 15.1. The predicted octanol–water partition coefficient (Wildman–Crippen LogP) is 3.95. The second-order valence-electron chi connectivity index (χ2n) is 4.30. The lowest BCUT2D eigenvalue weighted by molar-refractivity contribution is 0.625. The second kappa shape index (κ2) is 5.05. The largest absolute Gasteiger partial charge is 0.314 e. The van der Waals surface area contributed by atoms with Crippen molar-refractivity contribution in [3.63, 3.8) is 0 Å². The van der Waals surface area contributed by atoms with E-state index in [1.54, 1.807) is 11.8 Å². The molecule has 1 heterocycles. The summed E-state index contributed by atoms with van der Waals surface area (Å²) in [6.45, 7) is 0.705. The van der Waals surface area contributed by atoms with Crippen LogP contribution in [-0.2, 0) is 6.54 Å². The molecular formula is C15H13FN2S. The standard InChI is InChI=1S/C15H13FN2S/c1-19-15-17-13-4-2-3-5-14(13)18(15)10-11-6-8-12(16)9-7-11/h2-9H,10H2,1H3. The van der Waals surface area contributed by atoms with Gasteiger partial charge in [-0.15, -0.1) is 0 Å². The maximum Gasteiger partial charge on any atom is 0.169 e. The van der Waals surface area contributed by atoms with Crippen molar-refractivity contribution in [2.75, 3.05) is 6.26 Å². The Labute approximate surface area is 115 Å². The fourth-order valence-corrected chi connectivity index (χ4v) is 2.71. The molecule has 0 aliphatic heterocycles. The summed E-state index contributed by atoms with van der Waals surface area (Å²) in [5, 5.41) is 0.977. The Morgan fingerprint density at radius 1 is 1.11 bits per heavy atom. The highest BCUT2D eigenvalue weighted by Gasteiger charge is 2.09. The van der Waals surface area contributed by atoms with Crippen LogP contribution in [0.1, 0.15) is 5.56 Å². The van der Waals surface area contributed by atoms with Gasteiger partial charge in [-0.3, -0.25) is 0 Å². The van der Waals surface area contributed by atoms with Gasteiger partial charge < -0.3 is 4.57 Å². The normalized spacial score (nSPS) is 11.1. The van der Waals surface area contributed by atoms with Crippen molar-refractivity contribution in [3.8, 4) is 0 Å². The summed E-state index contributed by atoms with van der Waals surface area (Å²) in [6, 6.07) is 14.7. The topological polar surface area (TPSA) is 17.8 Å². The van der Waals surface area contributed by atoms with Gasteiger partial charge in [-0.1, -0.05) is 36.0 Å². The number of hydrogen-bond acceptors (Lipinski definition) is 2. The van der Waals surface area contributed by atoms with E-state index in [1.807, 2.05) is 36.6 Å². The summed E-state index contributed by atoms with van der Waals surface area (Å²) in [7, 11) is 0. The van der Waals surface area contributed by atoms with E-state index in [9.17, 15) is 4.39 Å². The third-order valence-electron chi connectivity index (χ3n) is 3.06. The zero-order valence-electron chi connectivity index (χ0n) is 10.5. The first-order valence-corrected chi connectivity index (χ1v) is 7.24. The molecule has 4 heteroatoms. The number of aromatic nitrogens is 2. The number of nitrogens with zero attached hydrogens (tertiary/aromatic N) is 2. The molecule has 0 saturated heterocycles. The van der Waals surface area contributed by atoms with Gasteiger partial charge in [-0.05, 0) is 36.1 Å². The van der Waals surface area contributed by atoms with Crippen LogP contribution in [0.5, 0.6) is 0 Å². The molecule has 2 nitrogen and oxygen atoms in total. The molecule has 0 spiro atoms. The molecule has 0 saturated carbocycles. The predicted molar refractivity (Wildman–Crippen MR) is 77.0 cm³/mol. The number of rotatable bonds is 3. The molecule has 0 radical (unpaired) electrons. The van der Waals surface area contributed by atoms with E-state index < -0.39 is 0 Å². The zero-order chi connectivity index (χ0) is 13.2. The van der Waals surface area contributed by atoms with Crippen molar-refractivity contribution in [2.24, 2.45) is 0 Å². The molecule has 19 heavy (non-hydrogen) atoms. The van der Waals surface area contributed by atoms with E-state index in [0.29, 0.717) is 6.54 Å². The molecule has 0 bridgehead atoms. The van der Waals surface area contributed by atoms with Crippen molar-refractivity contribution in [3.05, 3.63) is 59.9 Å². The SMILES string of the molecule is CSc1nc2ccccc2n1Cc1ccc(F)cc1. The molecule has 1 aromatic heterocycles. The summed E-state index contributed by atoms with van der Waals surface area (Å²) in [6.07, 6.45) is 2.02. The van der Waals surface area contributed by atoms with Crippen LogP contribution in [0.4, 0.5) is 4.39 Å². The Bertz CT molecular complexity index is 704. The number of fused-ring (bicyclic) bond motifs is 1. The lowest BCUT2D eigenvalue weighted by atomic mass is 10.2. The van der Waals surface area contributed by atoms with Crippen molar-refractivity contribution in [1.82, 2.24) is 9.55 Å². The van der Waals surface area contributed by atoms with Gasteiger partial charge in [-0.2, -0.15) is 0 Å². The molecule has 2 aromatic carbocycles. The van der Waals surface area contributed by atoms with Gasteiger partial charge in [0.05, 0.1) is 17.6 Å². The molecule has 0 amide bonds. The monoisotopic (exact) mass is 272 g/mol. The third kappa shape index (κ3) is 2.36. The van der Waals surface area contributed by atoms with E-state index in [2.05, 4.69) is 15.6 Å². The maximum atomic E-state index is 12.9. The van der Waals surface area contributed by atoms with Crippen molar-refractivity contribution < 1.29 is 4.39 Å². The Kier molecular flexibility index (Phi) is 3.25. The highest BCUT2D eigenvalue weighted by Crippen LogP contribution is 2.23. The quantitative estimate of drug-likeness (QED) is 0.672. The number of halogens is 1. The van der Waals surface area contributed by atoms with Gasteiger partial charge in [0.25, 0.3) is 0 Å². The minimum Gasteiger partial charge on any atom is -0.314 e. The molecule has 0 unspecified atom stereocenters. The van der Waals surface area contributed by atoms with Gasteiger partial charge in [0.1, 0.15) is 5.82 Å². The summed E-state index contributed by atoms with van der Waals surface area (Å²) in [5.74, 6) is -0.204. The minimum absolute atomic E-state index is 0.204. The van der Waals surface area contributed by atoms with Crippen LogP contribution >= 0.6 is 11.8 Å².